The first-order chi connectivity index (χ1) is 65.1. The zero-order valence-electron chi connectivity index (χ0n) is 81.2. The normalized spacial score (nSPS) is 15.9. The Hall–Kier alpha value is -8.17. The van der Waals surface area contributed by atoms with E-state index >= 15 is 0 Å². The van der Waals surface area contributed by atoms with Crippen LogP contribution in [0.4, 0.5) is 56.0 Å². The number of halogens is 3. The topological polar surface area (TPSA) is 157 Å². The number of anilines is 6. The van der Waals surface area contributed by atoms with Crippen molar-refractivity contribution in [3.63, 3.8) is 0 Å². The van der Waals surface area contributed by atoms with Crippen LogP contribution >= 0.6 is 54.7 Å². The molecule has 3 fully saturated rings. The average molecular weight is 1910 g/mol. The summed E-state index contributed by atoms with van der Waals surface area (Å²) in [4.78, 5) is 58.6. The van der Waals surface area contributed by atoms with Gasteiger partial charge < -0.3 is 44.9 Å². The largest absolute Gasteiger partial charge is 0.370 e. The molecule has 23 heteroatoms. The first-order valence-electron chi connectivity index (χ1n) is 50.7. The number of fused-ring (bicyclic) bond motifs is 6. The van der Waals surface area contributed by atoms with Crippen LogP contribution in [-0.4, -0.2) is 182 Å². The Bertz CT molecular complexity index is 4620. The van der Waals surface area contributed by atoms with E-state index in [9.17, 15) is 14.3 Å². The summed E-state index contributed by atoms with van der Waals surface area (Å²) in [6, 6.07) is 41.1. The van der Waals surface area contributed by atoms with Crippen molar-refractivity contribution in [2.24, 2.45) is 15.0 Å². The number of carbonyl (C=O) groups is 1. The first kappa shape index (κ1) is 107. The number of likely N-dealkylation sites (N-methyl/N-ethyl adjacent to an activating group) is 3. The van der Waals surface area contributed by atoms with Gasteiger partial charge >= 0.3 is 13.7 Å². The standard InChI is InChI=1S/C37H52ClN5O.C37H52ClN5S.C36H53ClN5O2P/c2*1-3-4-5-6-7-8-9-10-11-12-13-14-15-16-17-20-25-39-37(44)43-34-22-19-18-21-32(34)36(42-28-26-41(2)27-29-42)40-33-30-31(38)23-24-35(33)43;1-3-4-5-6-7-8-9-10-11-12-13-14-15-16-17-20-25-38-45(43,44)42-34-22-19-18-21-32(34)36(41-28-26-40(2)27-29-41)39-33-30-31(37)23-24-35(33)42/h2*7-8,10-11,18-19,21-24,30H,3-6,9,12-17,20,25-29H2,1-2H3,(H,39,44);7-8,10-11,18-19,21-24,30H,3-6,9,12-17,20,25-29H2,1-2H3,(H2,38,43,44)/b3*8-7-,11-10-. The van der Waals surface area contributed by atoms with Gasteiger partial charge in [0.1, 0.15) is 17.5 Å². The van der Waals surface area contributed by atoms with Crippen molar-refractivity contribution >= 4 is 135 Å². The molecule has 12 rings (SSSR count). The number of amidine groups is 3. The van der Waals surface area contributed by atoms with Gasteiger partial charge in [-0.25, -0.2) is 29.4 Å². The molecule has 0 radical (unpaired) electrons. The molecule has 133 heavy (non-hydrogen) atoms. The Kier molecular flexibility index (Phi) is 49.1. The van der Waals surface area contributed by atoms with E-state index in [1.54, 1.807) is 27.8 Å². The van der Waals surface area contributed by atoms with E-state index in [2.05, 4.69) is 195 Å². The van der Waals surface area contributed by atoms with Gasteiger partial charge in [-0.1, -0.05) is 280 Å². The van der Waals surface area contributed by atoms with Gasteiger partial charge in [-0.15, -0.1) is 0 Å². The number of nitrogens with zero attached hydrogens (tertiary/aromatic N) is 12. The number of allylic oxidation sites excluding steroid dienone is 12. The number of piperazine rings is 3. The van der Waals surface area contributed by atoms with E-state index in [4.69, 9.17) is 62.0 Å². The highest BCUT2D eigenvalue weighted by molar-refractivity contribution is 7.80. The number of urea groups is 1. The molecule has 2 amide bonds. The summed E-state index contributed by atoms with van der Waals surface area (Å²) in [5.74, 6) is 2.71. The fourth-order valence-electron chi connectivity index (χ4n) is 17.5. The lowest BCUT2D eigenvalue weighted by Gasteiger charge is -2.35. The number of rotatable bonds is 47. The molecule has 1 unspecified atom stereocenters. The highest BCUT2D eigenvalue weighted by Gasteiger charge is 2.38. The second-order valence-electron chi connectivity index (χ2n) is 36.3. The Morgan fingerprint density at radius 2 is 0.647 bits per heavy atom. The van der Waals surface area contributed by atoms with Crippen LogP contribution in [-0.2, 0) is 4.57 Å². The number of para-hydroxylation sites is 3. The minimum absolute atomic E-state index is 0.126. The summed E-state index contributed by atoms with van der Waals surface area (Å²) in [6.45, 7) is 19.9. The maximum Gasteiger partial charge on any atom is 0.370 e. The van der Waals surface area contributed by atoms with Crippen LogP contribution in [0, 0.1) is 0 Å². The molecule has 0 bridgehead atoms. The molecule has 0 saturated carbocycles. The Morgan fingerprint density at radius 1 is 0.353 bits per heavy atom. The van der Waals surface area contributed by atoms with Crippen LogP contribution in [0.3, 0.4) is 0 Å². The van der Waals surface area contributed by atoms with Crippen molar-refractivity contribution in [2.45, 2.75) is 252 Å². The molecule has 6 aliphatic rings. The number of thiocarbonyl (C=S) groups is 1. The van der Waals surface area contributed by atoms with E-state index in [1.165, 1.54) is 167 Å². The zero-order chi connectivity index (χ0) is 93.9. The van der Waals surface area contributed by atoms with Gasteiger partial charge in [0, 0.05) is 130 Å². The lowest BCUT2D eigenvalue weighted by Crippen LogP contribution is -2.47. The first-order valence-corrected chi connectivity index (χ1v) is 53.9. The minimum atomic E-state index is -4.01. The quantitative estimate of drug-likeness (QED) is 0.0124. The molecule has 0 spiro atoms. The van der Waals surface area contributed by atoms with Crippen molar-refractivity contribution in [1.29, 1.82) is 0 Å². The van der Waals surface area contributed by atoms with E-state index in [0.717, 1.165) is 212 Å². The van der Waals surface area contributed by atoms with Crippen molar-refractivity contribution in [3.05, 3.63) is 232 Å². The van der Waals surface area contributed by atoms with Crippen molar-refractivity contribution in [2.75, 3.05) is 134 Å². The molecular weight excluding hydrogens is 1750 g/mol. The maximum atomic E-state index is 14.1. The predicted molar refractivity (Wildman–Crippen MR) is 576 cm³/mol. The molecule has 1 atom stereocenters. The molecule has 6 aliphatic heterocycles. The van der Waals surface area contributed by atoms with E-state index in [1.807, 2.05) is 78.9 Å². The van der Waals surface area contributed by atoms with Gasteiger partial charge in [-0.2, -0.15) is 0 Å². The predicted octanol–water partition coefficient (Wildman–Crippen LogP) is 29.1. The van der Waals surface area contributed by atoms with Crippen molar-refractivity contribution in [3.8, 4) is 0 Å². The molecular formula is C110H157Cl3N15O3PS. The monoisotopic (exact) mass is 1900 g/mol. The number of hydrogen-bond acceptors (Lipinski definition) is 12. The number of unbranched alkanes of at least 4 members (excludes halogenated alkanes) is 27. The number of carbonyl (C=O) groups excluding carboxylic acids is 1. The third-order valence-corrected chi connectivity index (χ3v) is 28.1. The van der Waals surface area contributed by atoms with Crippen LogP contribution in [0.5, 0.6) is 0 Å². The fraction of sp³-hybridized carbons (Fsp3) is 0.518. The van der Waals surface area contributed by atoms with Crippen molar-refractivity contribution in [1.82, 2.24) is 45.1 Å². The van der Waals surface area contributed by atoms with E-state index < -0.39 is 7.67 Å². The lowest BCUT2D eigenvalue weighted by atomic mass is 10.1. The van der Waals surface area contributed by atoms with Gasteiger partial charge in [-0.3, -0.25) is 14.5 Å². The molecule has 18 nitrogen and oxygen atoms in total. The van der Waals surface area contributed by atoms with E-state index in [0.29, 0.717) is 56.0 Å². The highest BCUT2D eigenvalue weighted by Crippen LogP contribution is 2.56. The second-order valence-corrected chi connectivity index (χ2v) is 39.8. The number of aliphatic imine (C=N–C) groups is 3. The van der Waals surface area contributed by atoms with Crippen LogP contribution in [0.25, 0.3) is 0 Å². The van der Waals surface area contributed by atoms with E-state index in [-0.39, 0.29) is 6.03 Å². The summed E-state index contributed by atoms with van der Waals surface area (Å²) in [5, 5.41) is 12.3. The average Bonchev–Trinajstić information content (AvgIpc) is 1.63. The Labute approximate surface area is 820 Å². The smallest absolute Gasteiger partial charge is 0.362 e. The van der Waals surface area contributed by atoms with Gasteiger partial charge in [0.15, 0.2) is 5.11 Å². The summed E-state index contributed by atoms with van der Waals surface area (Å²) < 4.78 is 15.6. The molecule has 6 aromatic rings. The van der Waals surface area contributed by atoms with Crippen LogP contribution in [0.2, 0.25) is 15.1 Å². The minimum Gasteiger partial charge on any atom is -0.362 e. The molecule has 6 heterocycles. The third kappa shape index (κ3) is 36.0. The van der Waals surface area contributed by atoms with Crippen LogP contribution in [0.1, 0.15) is 269 Å². The van der Waals surface area contributed by atoms with Gasteiger partial charge in [0.25, 0.3) is 0 Å². The number of benzene rings is 6. The number of hydrogen-bond donors (Lipinski definition) is 4. The Balaban J connectivity index is 0.000000207. The maximum absolute atomic E-state index is 14.1. The second kappa shape index (κ2) is 61.1. The molecule has 0 aromatic heterocycles. The Morgan fingerprint density at radius 3 is 1.02 bits per heavy atom. The molecule has 722 valence electrons. The van der Waals surface area contributed by atoms with Gasteiger partial charge in [0.2, 0.25) is 0 Å². The van der Waals surface area contributed by atoms with Crippen LogP contribution in [0.15, 0.2) is 215 Å². The van der Waals surface area contributed by atoms with Crippen LogP contribution < -0.4 is 30.2 Å². The van der Waals surface area contributed by atoms with Crippen molar-refractivity contribution < 1.29 is 14.3 Å². The lowest BCUT2D eigenvalue weighted by molar-refractivity contribution is 0.216. The summed E-state index contributed by atoms with van der Waals surface area (Å²) in [5.41, 5.74) is 9.93. The highest BCUT2D eigenvalue weighted by atomic mass is 35.5. The number of amides is 2. The van der Waals surface area contributed by atoms with Gasteiger partial charge in [-0.05, 0) is 240 Å². The van der Waals surface area contributed by atoms with Gasteiger partial charge in [0.05, 0.1) is 51.2 Å². The molecule has 3 saturated heterocycles. The molecule has 0 aliphatic carbocycles. The zero-order valence-corrected chi connectivity index (χ0v) is 85.2. The summed E-state index contributed by atoms with van der Waals surface area (Å²) >= 11 is 25.3. The molecule has 4 N–H and O–H groups in total. The third-order valence-electron chi connectivity index (χ3n) is 25.4. The number of nitrogens with one attached hydrogen (secondary N) is 3. The SMILES string of the molecule is CCCCC/C=C\C/C=C\CCCCCCCCNC(=O)N1c2ccc(Cl)cc2N=C(N2CCN(C)CC2)c2ccccc21.CCCCC/C=C\C/C=C\CCCCCCCCNC(=S)N1c2ccc(Cl)cc2N=C(N2CCN(C)CC2)c2ccccc21.CCCCC/C=C\C/C=C\CCCCCCCCNP(=O)(O)N1c2ccc(Cl)cc2N=C(N2CCN(C)CC2)c2ccccc21. The summed E-state index contributed by atoms with van der Waals surface area (Å²) in [7, 11) is 2.44. The molecule has 6 aromatic carbocycles. The summed E-state index contributed by atoms with van der Waals surface area (Å²) in [6.07, 6.45) is 71.1. The fourth-order valence-corrected chi connectivity index (χ4v) is 19.8.